The Morgan fingerprint density at radius 1 is 1.41 bits per heavy atom. The molecule has 2 fully saturated rings. The first-order valence-corrected chi connectivity index (χ1v) is 7.24. The molecule has 2 atom stereocenters. The standard InChI is InChI=1S/C14H28N2O/c1-3-16-9-4-6-13(11-16)10-14(12-17-2)7-5-8-15-14/h13,15H,3-12H2,1-2H3. The van der Waals surface area contributed by atoms with Crippen molar-refractivity contribution in [2.45, 2.75) is 44.6 Å². The molecule has 2 rings (SSSR count). The molecule has 0 saturated carbocycles. The van der Waals surface area contributed by atoms with Gasteiger partial charge in [-0.3, -0.25) is 0 Å². The van der Waals surface area contributed by atoms with Crippen LogP contribution in [0.15, 0.2) is 0 Å². The number of methoxy groups -OCH3 is 1. The summed E-state index contributed by atoms with van der Waals surface area (Å²) in [5.41, 5.74) is 0.288. The van der Waals surface area contributed by atoms with Gasteiger partial charge in [-0.25, -0.2) is 0 Å². The molecule has 0 aromatic rings. The molecule has 2 heterocycles. The summed E-state index contributed by atoms with van der Waals surface area (Å²) in [6, 6.07) is 0. The Morgan fingerprint density at radius 2 is 2.29 bits per heavy atom. The van der Waals surface area contributed by atoms with Crippen molar-refractivity contribution in [3.05, 3.63) is 0 Å². The van der Waals surface area contributed by atoms with E-state index in [4.69, 9.17) is 4.74 Å². The van der Waals surface area contributed by atoms with E-state index in [-0.39, 0.29) is 5.54 Å². The molecular weight excluding hydrogens is 212 g/mol. The molecule has 0 amide bonds. The van der Waals surface area contributed by atoms with E-state index in [1.165, 1.54) is 58.3 Å². The highest BCUT2D eigenvalue weighted by atomic mass is 16.5. The molecule has 0 bridgehead atoms. The fourth-order valence-corrected chi connectivity index (χ4v) is 3.66. The van der Waals surface area contributed by atoms with Gasteiger partial charge in [0.15, 0.2) is 0 Å². The molecule has 3 nitrogen and oxygen atoms in total. The van der Waals surface area contributed by atoms with Crippen molar-refractivity contribution in [1.29, 1.82) is 0 Å². The minimum Gasteiger partial charge on any atom is -0.383 e. The first-order chi connectivity index (χ1) is 8.28. The summed E-state index contributed by atoms with van der Waals surface area (Å²) in [7, 11) is 1.83. The SMILES string of the molecule is CCN1CCCC(CC2(COC)CCCN2)C1. The third kappa shape index (κ3) is 3.43. The maximum Gasteiger partial charge on any atom is 0.0644 e. The zero-order valence-corrected chi connectivity index (χ0v) is 11.5. The van der Waals surface area contributed by atoms with Gasteiger partial charge in [-0.15, -0.1) is 0 Å². The lowest BCUT2D eigenvalue weighted by atomic mass is 9.82. The summed E-state index contributed by atoms with van der Waals surface area (Å²) < 4.78 is 5.45. The third-order valence-electron chi connectivity index (χ3n) is 4.48. The average molecular weight is 240 g/mol. The van der Waals surface area contributed by atoms with Crippen LogP contribution in [0.4, 0.5) is 0 Å². The lowest BCUT2D eigenvalue weighted by molar-refractivity contribution is 0.0830. The average Bonchev–Trinajstić information content (AvgIpc) is 2.78. The minimum absolute atomic E-state index is 0.288. The van der Waals surface area contributed by atoms with Crippen LogP contribution >= 0.6 is 0 Å². The molecule has 1 N–H and O–H groups in total. The zero-order valence-electron chi connectivity index (χ0n) is 11.5. The van der Waals surface area contributed by atoms with Crippen LogP contribution in [0.3, 0.4) is 0 Å². The summed E-state index contributed by atoms with van der Waals surface area (Å²) >= 11 is 0. The van der Waals surface area contributed by atoms with Crippen molar-refractivity contribution in [3.63, 3.8) is 0 Å². The van der Waals surface area contributed by atoms with E-state index in [9.17, 15) is 0 Å². The third-order valence-corrected chi connectivity index (χ3v) is 4.48. The molecule has 2 aliphatic rings. The number of nitrogens with one attached hydrogen (secondary N) is 1. The van der Waals surface area contributed by atoms with Gasteiger partial charge in [0, 0.05) is 19.2 Å². The number of rotatable bonds is 5. The molecule has 2 unspecified atom stereocenters. The number of likely N-dealkylation sites (tertiary alicyclic amines) is 1. The van der Waals surface area contributed by atoms with Gasteiger partial charge in [0.25, 0.3) is 0 Å². The van der Waals surface area contributed by atoms with E-state index in [0.29, 0.717) is 0 Å². The largest absolute Gasteiger partial charge is 0.383 e. The Labute approximate surface area is 106 Å². The van der Waals surface area contributed by atoms with Gasteiger partial charge in [0.2, 0.25) is 0 Å². The van der Waals surface area contributed by atoms with Gasteiger partial charge in [-0.1, -0.05) is 6.92 Å². The number of nitrogens with zero attached hydrogens (tertiary/aromatic N) is 1. The topological polar surface area (TPSA) is 24.5 Å². The van der Waals surface area contributed by atoms with E-state index in [1.807, 2.05) is 7.11 Å². The van der Waals surface area contributed by atoms with Gasteiger partial charge in [-0.2, -0.15) is 0 Å². The molecule has 0 aromatic carbocycles. The number of hydrogen-bond donors (Lipinski definition) is 1. The van der Waals surface area contributed by atoms with Gasteiger partial charge < -0.3 is 15.0 Å². The van der Waals surface area contributed by atoms with Gasteiger partial charge in [-0.05, 0) is 57.7 Å². The zero-order chi connectivity index (χ0) is 12.1. The quantitative estimate of drug-likeness (QED) is 0.794. The van der Waals surface area contributed by atoms with Crippen molar-refractivity contribution in [1.82, 2.24) is 10.2 Å². The number of piperidine rings is 1. The Hall–Kier alpha value is -0.120. The first-order valence-electron chi connectivity index (χ1n) is 7.24. The summed E-state index contributed by atoms with van der Waals surface area (Å²) in [5, 5.41) is 3.71. The maximum absolute atomic E-state index is 5.45. The van der Waals surface area contributed by atoms with Crippen molar-refractivity contribution in [3.8, 4) is 0 Å². The molecule has 2 aliphatic heterocycles. The maximum atomic E-state index is 5.45. The first kappa shape index (κ1) is 13.3. The fourth-order valence-electron chi connectivity index (χ4n) is 3.66. The van der Waals surface area contributed by atoms with Crippen molar-refractivity contribution in [2.24, 2.45) is 5.92 Å². The second kappa shape index (κ2) is 6.17. The molecule has 3 heteroatoms. The summed E-state index contributed by atoms with van der Waals surface area (Å²) in [6.45, 7) is 8.15. The highest BCUT2D eigenvalue weighted by Crippen LogP contribution is 2.31. The Kier molecular flexibility index (Phi) is 4.83. The van der Waals surface area contributed by atoms with E-state index in [2.05, 4.69) is 17.1 Å². The molecule has 2 saturated heterocycles. The minimum atomic E-state index is 0.288. The van der Waals surface area contributed by atoms with E-state index in [1.54, 1.807) is 0 Å². The fraction of sp³-hybridized carbons (Fsp3) is 1.00. The van der Waals surface area contributed by atoms with Crippen molar-refractivity contribution >= 4 is 0 Å². The van der Waals surface area contributed by atoms with E-state index in [0.717, 1.165) is 12.5 Å². The molecule has 0 spiro atoms. The Bertz CT molecular complexity index is 226. The van der Waals surface area contributed by atoms with Crippen LogP contribution in [0.5, 0.6) is 0 Å². The predicted molar refractivity (Wildman–Crippen MR) is 71.3 cm³/mol. The Morgan fingerprint density at radius 3 is 2.94 bits per heavy atom. The number of hydrogen-bond acceptors (Lipinski definition) is 3. The second-order valence-electron chi connectivity index (χ2n) is 5.85. The normalized spacial score (nSPS) is 35.3. The van der Waals surface area contributed by atoms with Crippen molar-refractivity contribution in [2.75, 3.05) is 39.9 Å². The van der Waals surface area contributed by atoms with Gasteiger partial charge >= 0.3 is 0 Å². The van der Waals surface area contributed by atoms with Crippen LogP contribution in [0.25, 0.3) is 0 Å². The summed E-state index contributed by atoms with van der Waals surface area (Å²) in [6.07, 6.45) is 6.69. The molecule has 0 aromatic heterocycles. The van der Waals surface area contributed by atoms with Crippen LogP contribution in [0, 0.1) is 5.92 Å². The monoisotopic (exact) mass is 240 g/mol. The smallest absolute Gasteiger partial charge is 0.0644 e. The molecule has 17 heavy (non-hydrogen) atoms. The summed E-state index contributed by atoms with van der Waals surface area (Å²) in [5.74, 6) is 0.865. The van der Waals surface area contributed by atoms with Crippen LogP contribution < -0.4 is 5.32 Å². The summed E-state index contributed by atoms with van der Waals surface area (Å²) in [4.78, 5) is 2.60. The van der Waals surface area contributed by atoms with Gasteiger partial charge in [0.05, 0.1) is 6.61 Å². The molecular formula is C14H28N2O. The van der Waals surface area contributed by atoms with Crippen LogP contribution in [0.2, 0.25) is 0 Å². The highest BCUT2D eigenvalue weighted by Gasteiger charge is 2.36. The second-order valence-corrected chi connectivity index (χ2v) is 5.85. The van der Waals surface area contributed by atoms with Gasteiger partial charge in [0.1, 0.15) is 0 Å². The Balaban J connectivity index is 1.88. The van der Waals surface area contributed by atoms with Crippen molar-refractivity contribution < 1.29 is 4.74 Å². The number of ether oxygens (including phenoxy) is 1. The lowest BCUT2D eigenvalue weighted by Gasteiger charge is -2.38. The van der Waals surface area contributed by atoms with Crippen LogP contribution in [0.1, 0.15) is 39.0 Å². The van der Waals surface area contributed by atoms with E-state index >= 15 is 0 Å². The van der Waals surface area contributed by atoms with E-state index < -0.39 is 0 Å². The van der Waals surface area contributed by atoms with Crippen LogP contribution in [-0.4, -0.2) is 50.3 Å². The molecule has 0 aliphatic carbocycles. The predicted octanol–water partition coefficient (Wildman–Crippen LogP) is 1.88. The van der Waals surface area contributed by atoms with Crippen LogP contribution in [-0.2, 0) is 4.74 Å². The molecule has 0 radical (unpaired) electrons. The molecule has 100 valence electrons. The highest BCUT2D eigenvalue weighted by molar-refractivity contribution is 4.95. The lowest BCUT2D eigenvalue weighted by Crippen LogP contribution is -2.48.